The molecule has 0 radical (unpaired) electrons. The third kappa shape index (κ3) is 1.79. The van der Waals surface area contributed by atoms with E-state index in [-0.39, 0.29) is 0 Å². The molecule has 0 saturated carbocycles. The Morgan fingerprint density at radius 3 is 3.00 bits per heavy atom. The molecule has 1 heterocycles. The van der Waals surface area contributed by atoms with E-state index in [2.05, 4.69) is 12.2 Å². The lowest BCUT2D eigenvalue weighted by atomic mass is 9.96. The Morgan fingerprint density at radius 1 is 1.78 bits per heavy atom. The van der Waals surface area contributed by atoms with Crippen molar-refractivity contribution in [3.8, 4) is 0 Å². The van der Waals surface area contributed by atoms with Crippen LogP contribution < -0.4 is 5.32 Å². The van der Waals surface area contributed by atoms with Crippen molar-refractivity contribution in [1.82, 2.24) is 5.32 Å². The molecule has 1 N–H and O–H groups in total. The number of hydrogen-bond donors (Lipinski definition) is 1. The zero-order valence-corrected chi connectivity index (χ0v) is 5.81. The van der Waals surface area contributed by atoms with Crippen LogP contribution in [-0.2, 0) is 4.79 Å². The van der Waals surface area contributed by atoms with Crippen LogP contribution in [0.2, 0.25) is 0 Å². The molecular weight excluding hydrogens is 114 g/mol. The molecule has 0 bridgehead atoms. The van der Waals surface area contributed by atoms with Crippen LogP contribution >= 0.6 is 0 Å². The van der Waals surface area contributed by atoms with Gasteiger partial charge in [-0.1, -0.05) is 13.3 Å². The van der Waals surface area contributed by atoms with Crippen LogP contribution in [0.5, 0.6) is 0 Å². The maximum atomic E-state index is 10.8. The van der Waals surface area contributed by atoms with Gasteiger partial charge in [-0.05, 0) is 12.5 Å². The van der Waals surface area contributed by atoms with Crippen LogP contribution in [0.3, 0.4) is 0 Å². The lowest BCUT2D eigenvalue weighted by Gasteiger charge is -2.19. The van der Waals surface area contributed by atoms with Crippen LogP contribution in [-0.4, -0.2) is 18.9 Å². The second-order valence-corrected chi connectivity index (χ2v) is 2.65. The summed E-state index contributed by atoms with van der Waals surface area (Å²) >= 11 is 0. The SMILES string of the molecule is CCC1CNCC(=O)C1. The molecule has 1 unspecified atom stereocenters. The third-order valence-corrected chi connectivity index (χ3v) is 1.85. The lowest BCUT2D eigenvalue weighted by Crippen LogP contribution is -2.36. The first kappa shape index (κ1) is 6.75. The number of Topliss-reactive ketones (excluding diaryl/α,β-unsaturated/α-hetero) is 1. The zero-order chi connectivity index (χ0) is 6.69. The highest BCUT2D eigenvalue weighted by Crippen LogP contribution is 2.09. The molecule has 1 atom stereocenters. The van der Waals surface area contributed by atoms with Crippen molar-refractivity contribution in [1.29, 1.82) is 0 Å². The molecule has 0 aromatic rings. The number of nitrogens with one attached hydrogen (secondary N) is 1. The van der Waals surface area contributed by atoms with E-state index in [9.17, 15) is 4.79 Å². The smallest absolute Gasteiger partial charge is 0.146 e. The first-order valence-corrected chi connectivity index (χ1v) is 3.55. The minimum atomic E-state index is 0.369. The Balaban J connectivity index is 2.32. The van der Waals surface area contributed by atoms with E-state index in [1.807, 2.05) is 0 Å². The van der Waals surface area contributed by atoms with Gasteiger partial charge >= 0.3 is 0 Å². The minimum absolute atomic E-state index is 0.369. The summed E-state index contributed by atoms with van der Waals surface area (Å²) in [5.74, 6) is 0.972. The van der Waals surface area contributed by atoms with Crippen molar-refractivity contribution < 1.29 is 4.79 Å². The molecule has 0 aromatic heterocycles. The summed E-state index contributed by atoms with van der Waals surface area (Å²) in [6.45, 7) is 3.75. The van der Waals surface area contributed by atoms with Gasteiger partial charge in [-0.3, -0.25) is 4.79 Å². The molecule has 1 aliphatic rings. The van der Waals surface area contributed by atoms with Crippen LogP contribution in [0.25, 0.3) is 0 Å². The normalized spacial score (nSPS) is 28.6. The van der Waals surface area contributed by atoms with Gasteiger partial charge in [0.1, 0.15) is 5.78 Å². The van der Waals surface area contributed by atoms with Crippen molar-refractivity contribution in [3.63, 3.8) is 0 Å². The summed E-state index contributed by atoms with van der Waals surface area (Å²) in [5.41, 5.74) is 0. The predicted molar refractivity (Wildman–Crippen MR) is 36.3 cm³/mol. The summed E-state index contributed by atoms with van der Waals surface area (Å²) in [6, 6.07) is 0. The standard InChI is InChI=1S/C7H13NO/c1-2-6-3-7(9)5-8-4-6/h6,8H,2-5H2,1H3. The lowest BCUT2D eigenvalue weighted by molar-refractivity contribution is -0.120. The largest absolute Gasteiger partial charge is 0.310 e. The molecule has 2 heteroatoms. The number of ketones is 1. The highest BCUT2D eigenvalue weighted by atomic mass is 16.1. The summed E-state index contributed by atoms with van der Waals surface area (Å²) in [5, 5.41) is 3.09. The second kappa shape index (κ2) is 2.97. The zero-order valence-electron chi connectivity index (χ0n) is 5.81. The highest BCUT2D eigenvalue weighted by molar-refractivity contribution is 5.81. The molecule has 9 heavy (non-hydrogen) atoms. The first-order valence-electron chi connectivity index (χ1n) is 3.55. The Labute approximate surface area is 55.6 Å². The molecule has 1 saturated heterocycles. The van der Waals surface area contributed by atoms with Crippen molar-refractivity contribution in [2.24, 2.45) is 5.92 Å². The van der Waals surface area contributed by atoms with Crippen molar-refractivity contribution in [3.05, 3.63) is 0 Å². The molecule has 1 fully saturated rings. The molecule has 2 nitrogen and oxygen atoms in total. The number of carbonyl (C=O) groups is 1. The topological polar surface area (TPSA) is 29.1 Å². The number of hydrogen-bond acceptors (Lipinski definition) is 2. The molecular formula is C7H13NO. The predicted octanol–water partition coefficient (Wildman–Crippen LogP) is 0.575. The fourth-order valence-electron chi connectivity index (χ4n) is 1.17. The van der Waals surface area contributed by atoms with E-state index in [0.717, 1.165) is 19.4 Å². The summed E-state index contributed by atoms with van der Waals surface area (Å²) in [6.07, 6.45) is 1.92. The third-order valence-electron chi connectivity index (χ3n) is 1.85. The van der Waals surface area contributed by atoms with Crippen molar-refractivity contribution in [2.45, 2.75) is 19.8 Å². The van der Waals surface area contributed by atoms with Gasteiger partial charge in [0, 0.05) is 6.42 Å². The summed E-state index contributed by atoms with van der Waals surface area (Å²) in [7, 11) is 0. The fourth-order valence-corrected chi connectivity index (χ4v) is 1.17. The van der Waals surface area contributed by atoms with Gasteiger partial charge in [0.05, 0.1) is 6.54 Å². The Bertz CT molecular complexity index is 111. The average molecular weight is 127 g/mol. The molecule has 0 amide bonds. The van der Waals surface area contributed by atoms with Crippen LogP contribution in [0.1, 0.15) is 19.8 Å². The van der Waals surface area contributed by atoms with Gasteiger partial charge in [-0.25, -0.2) is 0 Å². The van der Waals surface area contributed by atoms with Gasteiger partial charge < -0.3 is 5.32 Å². The molecule has 1 aliphatic heterocycles. The van der Waals surface area contributed by atoms with Crippen LogP contribution in [0, 0.1) is 5.92 Å². The number of carbonyl (C=O) groups excluding carboxylic acids is 1. The Kier molecular flexibility index (Phi) is 2.22. The molecule has 1 rings (SSSR count). The van der Waals surface area contributed by atoms with E-state index < -0.39 is 0 Å². The molecule has 0 spiro atoms. The van der Waals surface area contributed by atoms with Crippen molar-refractivity contribution >= 4 is 5.78 Å². The van der Waals surface area contributed by atoms with Crippen LogP contribution in [0.15, 0.2) is 0 Å². The van der Waals surface area contributed by atoms with Gasteiger partial charge in [-0.15, -0.1) is 0 Å². The Hall–Kier alpha value is -0.370. The summed E-state index contributed by atoms with van der Waals surface area (Å²) in [4.78, 5) is 10.8. The van der Waals surface area contributed by atoms with E-state index in [4.69, 9.17) is 0 Å². The summed E-state index contributed by atoms with van der Waals surface area (Å²) < 4.78 is 0. The molecule has 0 aliphatic carbocycles. The van der Waals surface area contributed by atoms with Crippen molar-refractivity contribution in [2.75, 3.05) is 13.1 Å². The average Bonchev–Trinajstić information content (AvgIpc) is 1.88. The van der Waals surface area contributed by atoms with E-state index in [1.54, 1.807) is 0 Å². The van der Waals surface area contributed by atoms with Gasteiger partial charge in [0.2, 0.25) is 0 Å². The van der Waals surface area contributed by atoms with Gasteiger partial charge in [-0.2, -0.15) is 0 Å². The maximum absolute atomic E-state index is 10.8. The number of piperidine rings is 1. The monoisotopic (exact) mass is 127 g/mol. The fraction of sp³-hybridized carbons (Fsp3) is 0.857. The van der Waals surface area contributed by atoms with Gasteiger partial charge in [0.15, 0.2) is 0 Å². The van der Waals surface area contributed by atoms with Gasteiger partial charge in [0.25, 0.3) is 0 Å². The van der Waals surface area contributed by atoms with E-state index in [0.29, 0.717) is 18.2 Å². The van der Waals surface area contributed by atoms with E-state index in [1.165, 1.54) is 0 Å². The second-order valence-electron chi connectivity index (χ2n) is 2.65. The first-order chi connectivity index (χ1) is 4.33. The quantitative estimate of drug-likeness (QED) is 0.558. The minimum Gasteiger partial charge on any atom is -0.310 e. The maximum Gasteiger partial charge on any atom is 0.146 e. The van der Waals surface area contributed by atoms with Crippen LogP contribution in [0.4, 0.5) is 0 Å². The number of rotatable bonds is 1. The van der Waals surface area contributed by atoms with E-state index >= 15 is 0 Å². The molecule has 52 valence electrons. The highest BCUT2D eigenvalue weighted by Gasteiger charge is 2.16. The molecule has 0 aromatic carbocycles. The Morgan fingerprint density at radius 2 is 2.56 bits per heavy atom.